The van der Waals surface area contributed by atoms with Crippen molar-refractivity contribution < 1.29 is 4.79 Å². The Labute approximate surface area is 168 Å². The van der Waals surface area contributed by atoms with Gasteiger partial charge in [0.2, 0.25) is 5.91 Å². The van der Waals surface area contributed by atoms with Gasteiger partial charge in [-0.3, -0.25) is 14.2 Å². The molecule has 1 amide bonds. The van der Waals surface area contributed by atoms with Crippen molar-refractivity contribution in [2.45, 2.75) is 44.3 Å². The van der Waals surface area contributed by atoms with Crippen molar-refractivity contribution >= 4 is 28.6 Å². The first-order valence-corrected chi connectivity index (χ1v) is 10.2. The van der Waals surface area contributed by atoms with Crippen LogP contribution in [0, 0.1) is 22.7 Å². The molecule has 1 aromatic heterocycles. The van der Waals surface area contributed by atoms with Crippen molar-refractivity contribution in [2.75, 3.05) is 18.8 Å². The molecule has 7 nitrogen and oxygen atoms in total. The summed E-state index contributed by atoms with van der Waals surface area (Å²) in [6, 6.07) is 11.2. The maximum Gasteiger partial charge on any atom is 0.262 e. The van der Waals surface area contributed by atoms with Gasteiger partial charge in [0.1, 0.15) is 0 Å². The summed E-state index contributed by atoms with van der Waals surface area (Å²) < 4.78 is 1.64. The third-order valence-corrected chi connectivity index (χ3v) is 5.19. The zero-order valence-corrected chi connectivity index (χ0v) is 16.7. The van der Waals surface area contributed by atoms with Crippen molar-refractivity contribution in [2.24, 2.45) is 0 Å². The first kappa shape index (κ1) is 21.5. The molecule has 8 heteroatoms. The van der Waals surface area contributed by atoms with Gasteiger partial charge in [0, 0.05) is 19.6 Å². The number of unbranched alkanes of at least 4 members (excludes halogenated alkanes) is 1. The first-order chi connectivity index (χ1) is 13.6. The molecule has 1 aromatic carbocycles. The fourth-order valence-corrected chi connectivity index (χ4v) is 3.65. The van der Waals surface area contributed by atoms with Gasteiger partial charge in [0.25, 0.3) is 5.56 Å². The average molecular weight is 398 g/mol. The van der Waals surface area contributed by atoms with Crippen LogP contribution in [-0.2, 0) is 11.3 Å². The Bertz CT molecular complexity index is 940. The van der Waals surface area contributed by atoms with E-state index in [0.29, 0.717) is 35.7 Å². The van der Waals surface area contributed by atoms with E-state index in [4.69, 9.17) is 10.5 Å². The van der Waals surface area contributed by atoms with Crippen LogP contribution in [0.5, 0.6) is 0 Å². The van der Waals surface area contributed by atoms with E-state index < -0.39 is 0 Å². The molecule has 0 aliphatic rings. The highest BCUT2D eigenvalue weighted by Gasteiger charge is 2.17. The number of hydrogen-bond donors (Lipinski definition) is 0. The van der Waals surface area contributed by atoms with Crippen LogP contribution >= 0.6 is 11.8 Å². The normalized spacial score (nSPS) is 10.4. The summed E-state index contributed by atoms with van der Waals surface area (Å²) in [5.74, 6) is -0.0618. The van der Waals surface area contributed by atoms with Crippen LogP contribution in [0.1, 0.15) is 32.6 Å². The largest absolute Gasteiger partial charge is 0.340 e. The summed E-state index contributed by atoms with van der Waals surface area (Å²) in [6.07, 6.45) is 2.23. The van der Waals surface area contributed by atoms with Gasteiger partial charge < -0.3 is 4.90 Å². The topological polar surface area (TPSA) is 103 Å². The number of nitrogens with zero attached hydrogens (tertiary/aromatic N) is 5. The molecule has 146 valence electrons. The highest BCUT2D eigenvalue weighted by atomic mass is 32.2. The molecule has 0 atom stereocenters. The smallest absolute Gasteiger partial charge is 0.262 e. The van der Waals surface area contributed by atoms with E-state index in [1.165, 1.54) is 16.7 Å². The molecule has 0 spiro atoms. The highest BCUT2D eigenvalue weighted by Crippen LogP contribution is 2.19. The van der Waals surface area contributed by atoms with Crippen LogP contribution in [0.3, 0.4) is 0 Å². The van der Waals surface area contributed by atoms with Crippen molar-refractivity contribution in [1.29, 1.82) is 10.5 Å². The lowest BCUT2D eigenvalue weighted by molar-refractivity contribution is -0.128. The second-order valence-corrected chi connectivity index (χ2v) is 7.15. The van der Waals surface area contributed by atoms with Crippen LogP contribution in [-0.4, -0.2) is 39.2 Å². The van der Waals surface area contributed by atoms with E-state index in [1.54, 1.807) is 16.7 Å². The molecular formula is C20H23N5O2S. The van der Waals surface area contributed by atoms with E-state index >= 15 is 0 Å². The predicted octanol–water partition coefficient (Wildman–Crippen LogP) is 2.94. The second kappa shape index (κ2) is 11.1. The molecule has 0 radical (unpaired) electrons. The standard InChI is InChI=1S/C20H23N5O2S/c1-2-3-14-25-19(27)16-8-4-5-9-17(16)23-20(25)28-15-18(26)24(12-6-10-21)13-7-11-22/h4-5,8-9H,2-3,6-7,12-15H2,1H3. The molecule has 0 aliphatic carbocycles. The Hall–Kier alpha value is -2.84. The van der Waals surface area contributed by atoms with E-state index in [2.05, 4.69) is 11.9 Å². The quantitative estimate of drug-likeness (QED) is 0.451. The number of thioether (sulfide) groups is 1. The zero-order chi connectivity index (χ0) is 20.4. The lowest BCUT2D eigenvalue weighted by Crippen LogP contribution is -2.34. The Balaban J connectivity index is 2.23. The van der Waals surface area contributed by atoms with Crippen molar-refractivity contribution in [3.63, 3.8) is 0 Å². The van der Waals surface area contributed by atoms with Crippen LogP contribution < -0.4 is 5.56 Å². The molecule has 0 N–H and O–H groups in total. The number of para-hydroxylation sites is 1. The van der Waals surface area contributed by atoms with Crippen LogP contribution in [0.25, 0.3) is 10.9 Å². The number of carbonyl (C=O) groups excluding carboxylic acids is 1. The van der Waals surface area contributed by atoms with Gasteiger partial charge in [-0.1, -0.05) is 37.2 Å². The SMILES string of the molecule is CCCCn1c(SCC(=O)N(CCC#N)CCC#N)nc2ccccc2c1=O. The first-order valence-electron chi connectivity index (χ1n) is 9.26. The summed E-state index contributed by atoms with van der Waals surface area (Å²) in [5.41, 5.74) is 0.515. The summed E-state index contributed by atoms with van der Waals surface area (Å²) >= 11 is 1.22. The third-order valence-electron chi connectivity index (χ3n) is 4.23. The molecule has 2 rings (SSSR count). The number of carbonyl (C=O) groups is 1. The number of hydrogen-bond acceptors (Lipinski definition) is 6. The molecule has 28 heavy (non-hydrogen) atoms. The van der Waals surface area contributed by atoms with E-state index in [9.17, 15) is 9.59 Å². The average Bonchev–Trinajstić information content (AvgIpc) is 2.71. The number of fused-ring (bicyclic) bond motifs is 1. The van der Waals surface area contributed by atoms with Crippen LogP contribution in [0.2, 0.25) is 0 Å². The molecule has 0 aliphatic heterocycles. The molecule has 0 bridgehead atoms. The number of rotatable bonds is 10. The molecular weight excluding hydrogens is 374 g/mol. The van der Waals surface area contributed by atoms with Crippen LogP contribution in [0.4, 0.5) is 0 Å². The molecule has 0 unspecified atom stereocenters. The van der Waals surface area contributed by atoms with Crippen LogP contribution in [0.15, 0.2) is 34.2 Å². The molecule has 1 heterocycles. The minimum atomic E-state index is -0.167. The molecule has 0 saturated carbocycles. The number of aromatic nitrogens is 2. The van der Waals surface area contributed by atoms with Gasteiger partial charge in [-0.05, 0) is 18.6 Å². The number of amides is 1. The number of benzene rings is 1. The molecule has 0 fully saturated rings. The van der Waals surface area contributed by atoms with Gasteiger partial charge in [-0.2, -0.15) is 10.5 Å². The summed E-state index contributed by atoms with van der Waals surface area (Å²) in [7, 11) is 0. The van der Waals surface area contributed by atoms with Gasteiger partial charge in [0.05, 0.1) is 41.6 Å². The van der Waals surface area contributed by atoms with Crippen molar-refractivity contribution in [3.8, 4) is 12.1 Å². The lowest BCUT2D eigenvalue weighted by atomic mass is 10.2. The second-order valence-electron chi connectivity index (χ2n) is 6.21. The maximum atomic E-state index is 12.9. The maximum absolute atomic E-state index is 12.9. The van der Waals surface area contributed by atoms with Gasteiger partial charge >= 0.3 is 0 Å². The number of nitriles is 2. The third kappa shape index (κ3) is 5.58. The highest BCUT2D eigenvalue weighted by molar-refractivity contribution is 7.99. The van der Waals surface area contributed by atoms with Crippen molar-refractivity contribution in [3.05, 3.63) is 34.6 Å². The molecule has 2 aromatic rings. The Morgan fingerprint density at radius 1 is 1.21 bits per heavy atom. The minimum Gasteiger partial charge on any atom is -0.340 e. The Morgan fingerprint density at radius 2 is 1.89 bits per heavy atom. The summed E-state index contributed by atoms with van der Waals surface area (Å²) in [5, 5.41) is 18.6. The van der Waals surface area contributed by atoms with Gasteiger partial charge in [-0.15, -0.1) is 0 Å². The summed E-state index contributed by atoms with van der Waals surface area (Å²) in [4.78, 5) is 31.5. The van der Waals surface area contributed by atoms with Gasteiger partial charge in [0.15, 0.2) is 5.16 Å². The minimum absolute atomic E-state index is 0.0974. The van der Waals surface area contributed by atoms with Gasteiger partial charge in [-0.25, -0.2) is 4.98 Å². The van der Waals surface area contributed by atoms with E-state index in [-0.39, 0.29) is 30.1 Å². The monoisotopic (exact) mass is 397 g/mol. The Morgan fingerprint density at radius 3 is 2.54 bits per heavy atom. The lowest BCUT2D eigenvalue weighted by Gasteiger charge is -2.20. The predicted molar refractivity (Wildman–Crippen MR) is 109 cm³/mol. The fraction of sp³-hybridized carbons (Fsp3) is 0.450. The van der Waals surface area contributed by atoms with Crippen molar-refractivity contribution in [1.82, 2.24) is 14.5 Å². The van der Waals surface area contributed by atoms with E-state index in [1.807, 2.05) is 24.3 Å². The zero-order valence-electron chi connectivity index (χ0n) is 15.9. The fourth-order valence-electron chi connectivity index (χ4n) is 2.72. The Kier molecular flexibility index (Phi) is 8.51. The summed E-state index contributed by atoms with van der Waals surface area (Å²) in [6.45, 7) is 3.20. The van der Waals surface area contributed by atoms with E-state index in [0.717, 1.165) is 12.8 Å². The molecule has 0 saturated heterocycles.